The smallest absolute Gasteiger partial charge is 0.258 e. The van der Waals surface area contributed by atoms with Crippen LogP contribution in [0.3, 0.4) is 0 Å². The standard InChI is InChI=1S/C12H14FN2O4/c1-3-8(2)11-6-9(14(16)17)7-12(15(18)19)10(11)4-5-13/h4,6-8H,3,5H2,1-2H3. The van der Waals surface area contributed by atoms with Gasteiger partial charge < -0.3 is 0 Å². The first-order valence-electron chi connectivity index (χ1n) is 5.78. The maximum Gasteiger partial charge on any atom is 0.280 e. The van der Waals surface area contributed by atoms with Crippen molar-refractivity contribution < 1.29 is 14.2 Å². The summed E-state index contributed by atoms with van der Waals surface area (Å²) in [5, 5.41) is 21.8. The second-order valence-electron chi connectivity index (χ2n) is 4.15. The quantitative estimate of drug-likeness (QED) is 0.583. The van der Waals surface area contributed by atoms with Crippen LogP contribution in [0.5, 0.6) is 0 Å². The first kappa shape index (κ1) is 15.0. The minimum atomic E-state index is -0.859. The summed E-state index contributed by atoms with van der Waals surface area (Å²) in [4.78, 5) is 20.4. The highest BCUT2D eigenvalue weighted by atomic mass is 19.1. The fourth-order valence-corrected chi connectivity index (χ4v) is 1.83. The van der Waals surface area contributed by atoms with E-state index in [0.29, 0.717) is 12.0 Å². The zero-order chi connectivity index (χ0) is 14.6. The molecule has 0 saturated heterocycles. The van der Waals surface area contributed by atoms with E-state index in [1.807, 2.05) is 6.92 Å². The summed E-state index contributed by atoms with van der Waals surface area (Å²) in [7, 11) is 0. The van der Waals surface area contributed by atoms with Gasteiger partial charge in [-0.05, 0) is 17.9 Å². The topological polar surface area (TPSA) is 86.3 Å². The first-order chi connectivity index (χ1) is 8.92. The Morgan fingerprint density at radius 1 is 1.32 bits per heavy atom. The first-order valence-corrected chi connectivity index (χ1v) is 5.78. The Kier molecular flexibility index (Phi) is 4.91. The van der Waals surface area contributed by atoms with Crippen LogP contribution in [-0.2, 0) is 0 Å². The lowest BCUT2D eigenvalue weighted by molar-refractivity contribution is -0.394. The van der Waals surface area contributed by atoms with Gasteiger partial charge >= 0.3 is 0 Å². The summed E-state index contributed by atoms with van der Waals surface area (Å²) >= 11 is 0. The minimum Gasteiger partial charge on any atom is -0.258 e. The van der Waals surface area contributed by atoms with E-state index in [1.54, 1.807) is 6.92 Å². The van der Waals surface area contributed by atoms with Crippen LogP contribution in [0, 0.1) is 26.6 Å². The molecule has 1 atom stereocenters. The van der Waals surface area contributed by atoms with Gasteiger partial charge in [-0.15, -0.1) is 0 Å². The van der Waals surface area contributed by atoms with Crippen LogP contribution in [0.25, 0.3) is 0 Å². The molecular weight excluding hydrogens is 255 g/mol. The van der Waals surface area contributed by atoms with Crippen molar-refractivity contribution in [2.45, 2.75) is 26.2 Å². The second-order valence-corrected chi connectivity index (χ2v) is 4.15. The molecule has 0 aliphatic heterocycles. The van der Waals surface area contributed by atoms with E-state index in [-0.39, 0.29) is 17.2 Å². The van der Waals surface area contributed by atoms with Crippen LogP contribution >= 0.6 is 0 Å². The molecule has 0 heterocycles. The van der Waals surface area contributed by atoms with Crippen molar-refractivity contribution >= 4 is 11.4 Å². The predicted molar refractivity (Wildman–Crippen MR) is 67.8 cm³/mol. The molecule has 0 aliphatic carbocycles. The van der Waals surface area contributed by atoms with E-state index < -0.39 is 22.2 Å². The lowest BCUT2D eigenvalue weighted by Gasteiger charge is -2.14. The third-order valence-electron chi connectivity index (χ3n) is 3.01. The Labute approximate surface area is 109 Å². The van der Waals surface area contributed by atoms with Gasteiger partial charge in [0.1, 0.15) is 0 Å². The molecule has 103 valence electrons. The van der Waals surface area contributed by atoms with Crippen molar-refractivity contribution in [1.82, 2.24) is 0 Å². The maximum atomic E-state index is 12.5. The third kappa shape index (κ3) is 3.24. The summed E-state index contributed by atoms with van der Waals surface area (Å²) < 4.78 is 12.5. The highest BCUT2D eigenvalue weighted by Gasteiger charge is 2.25. The molecule has 1 aromatic rings. The normalized spacial score (nSPS) is 12.2. The Bertz CT molecular complexity index is 505. The maximum absolute atomic E-state index is 12.5. The number of hydrogen-bond donors (Lipinski definition) is 0. The number of nitro benzene ring substituents is 2. The molecule has 0 amide bonds. The van der Waals surface area contributed by atoms with Crippen molar-refractivity contribution in [2.24, 2.45) is 0 Å². The van der Waals surface area contributed by atoms with Crippen molar-refractivity contribution in [1.29, 1.82) is 0 Å². The van der Waals surface area contributed by atoms with E-state index in [0.717, 1.165) is 12.5 Å². The molecule has 0 fully saturated rings. The van der Waals surface area contributed by atoms with Gasteiger partial charge in [-0.2, -0.15) is 0 Å². The van der Waals surface area contributed by atoms with Crippen molar-refractivity contribution in [2.75, 3.05) is 6.67 Å². The van der Waals surface area contributed by atoms with E-state index >= 15 is 0 Å². The van der Waals surface area contributed by atoms with Gasteiger partial charge in [0, 0.05) is 18.1 Å². The Morgan fingerprint density at radius 3 is 2.37 bits per heavy atom. The van der Waals surface area contributed by atoms with Crippen LogP contribution in [0.1, 0.15) is 37.3 Å². The van der Waals surface area contributed by atoms with Crippen LogP contribution in [0.4, 0.5) is 15.8 Å². The number of hydrogen-bond acceptors (Lipinski definition) is 4. The molecule has 19 heavy (non-hydrogen) atoms. The number of halogens is 1. The highest BCUT2D eigenvalue weighted by molar-refractivity contribution is 5.57. The van der Waals surface area contributed by atoms with Crippen LogP contribution in [-0.4, -0.2) is 16.5 Å². The Balaban J connectivity index is 3.54. The number of non-ortho nitro benzene ring substituents is 1. The zero-order valence-electron chi connectivity index (χ0n) is 10.6. The minimum absolute atomic E-state index is 0.128. The molecule has 0 saturated carbocycles. The molecule has 1 aromatic carbocycles. The largest absolute Gasteiger partial charge is 0.280 e. The number of nitro groups is 2. The molecule has 6 nitrogen and oxygen atoms in total. The average molecular weight is 269 g/mol. The predicted octanol–water partition coefficient (Wildman–Crippen LogP) is 3.54. The van der Waals surface area contributed by atoms with Gasteiger partial charge in [0.2, 0.25) is 0 Å². The molecule has 1 radical (unpaired) electrons. The SMILES string of the molecule is CCC(C)c1cc([N+](=O)[O-])cc([N+](=O)[O-])c1[CH]CF. The molecule has 0 bridgehead atoms. The molecule has 7 heteroatoms. The monoisotopic (exact) mass is 269 g/mol. The fourth-order valence-electron chi connectivity index (χ4n) is 1.83. The van der Waals surface area contributed by atoms with E-state index in [2.05, 4.69) is 0 Å². The van der Waals surface area contributed by atoms with Crippen LogP contribution in [0.15, 0.2) is 12.1 Å². The second kappa shape index (κ2) is 6.21. The fraction of sp³-hybridized carbons (Fsp3) is 0.417. The lowest BCUT2D eigenvalue weighted by atomic mass is 9.90. The van der Waals surface area contributed by atoms with Gasteiger partial charge in [-0.3, -0.25) is 24.6 Å². The molecule has 0 aliphatic rings. The van der Waals surface area contributed by atoms with E-state index in [4.69, 9.17) is 0 Å². The molecule has 0 spiro atoms. The Morgan fingerprint density at radius 2 is 1.95 bits per heavy atom. The molecule has 0 aromatic heterocycles. The van der Waals surface area contributed by atoms with Gasteiger partial charge in [-0.1, -0.05) is 13.8 Å². The van der Waals surface area contributed by atoms with Gasteiger partial charge in [0.05, 0.1) is 22.6 Å². The van der Waals surface area contributed by atoms with Gasteiger partial charge in [0.25, 0.3) is 11.4 Å². The summed E-state index contributed by atoms with van der Waals surface area (Å²) in [5.74, 6) is -0.128. The van der Waals surface area contributed by atoms with E-state index in [9.17, 15) is 24.6 Å². The Hall–Kier alpha value is -2.05. The number of rotatable bonds is 6. The summed E-state index contributed by atoms with van der Waals surface area (Å²) in [6, 6.07) is 2.15. The third-order valence-corrected chi connectivity index (χ3v) is 3.01. The molecular formula is C12H14FN2O4. The van der Waals surface area contributed by atoms with Crippen molar-refractivity contribution in [3.05, 3.63) is 49.9 Å². The number of benzene rings is 1. The lowest BCUT2D eigenvalue weighted by Crippen LogP contribution is -2.05. The zero-order valence-corrected chi connectivity index (χ0v) is 10.6. The summed E-state index contributed by atoms with van der Waals surface area (Å²) in [5.41, 5.74) is -0.214. The van der Waals surface area contributed by atoms with Crippen LogP contribution in [0.2, 0.25) is 0 Å². The molecule has 0 N–H and O–H groups in total. The summed E-state index contributed by atoms with van der Waals surface area (Å²) in [6.07, 6.45) is 1.73. The van der Waals surface area contributed by atoms with Gasteiger partial charge in [0.15, 0.2) is 0 Å². The highest BCUT2D eigenvalue weighted by Crippen LogP contribution is 2.35. The number of nitrogens with zero attached hydrogens (tertiary/aromatic N) is 2. The van der Waals surface area contributed by atoms with Crippen molar-refractivity contribution in [3.8, 4) is 0 Å². The van der Waals surface area contributed by atoms with Gasteiger partial charge in [-0.25, -0.2) is 0 Å². The summed E-state index contributed by atoms with van der Waals surface area (Å²) in [6.45, 7) is 2.79. The molecule has 1 unspecified atom stereocenters. The van der Waals surface area contributed by atoms with E-state index in [1.165, 1.54) is 6.07 Å². The molecule has 1 rings (SSSR count). The number of alkyl halides is 1. The van der Waals surface area contributed by atoms with Crippen molar-refractivity contribution in [3.63, 3.8) is 0 Å². The average Bonchev–Trinajstić information content (AvgIpc) is 2.37. The van der Waals surface area contributed by atoms with Crippen LogP contribution < -0.4 is 0 Å².